The van der Waals surface area contributed by atoms with Gasteiger partial charge < -0.3 is 0 Å². The van der Waals surface area contributed by atoms with E-state index in [4.69, 9.17) is 23.2 Å². The fourth-order valence-electron chi connectivity index (χ4n) is 1.02. The van der Waals surface area contributed by atoms with E-state index in [1.165, 1.54) is 16.3 Å². The van der Waals surface area contributed by atoms with Gasteiger partial charge in [0, 0.05) is 20.3 Å². The highest BCUT2D eigenvalue weighted by molar-refractivity contribution is 6.36. The molecule has 0 nitrogen and oxygen atoms in total. The Morgan fingerprint density at radius 3 is 2.18 bits per heavy atom. The third-order valence-corrected chi connectivity index (χ3v) is 2.77. The Bertz CT molecular complexity index is 228. The van der Waals surface area contributed by atoms with Crippen LogP contribution in [0, 0.1) is 0 Å². The second-order valence-electron chi connectivity index (χ2n) is 2.45. The first-order valence-electron chi connectivity index (χ1n) is 3.68. The van der Waals surface area contributed by atoms with Crippen molar-refractivity contribution >= 4 is 33.4 Å². The summed E-state index contributed by atoms with van der Waals surface area (Å²) in [5, 5.41) is 1.60. The van der Waals surface area contributed by atoms with Crippen LogP contribution in [-0.2, 0) is 6.42 Å². The molecule has 0 saturated heterocycles. The van der Waals surface area contributed by atoms with Crippen molar-refractivity contribution in [3.63, 3.8) is 0 Å². The summed E-state index contributed by atoms with van der Waals surface area (Å²) < 4.78 is 0. The molecule has 11 heavy (non-hydrogen) atoms. The Labute approximate surface area is 79.9 Å². The minimum atomic E-state index is 0.799. The molecule has 0 fully saturated rings. The van der Waals surface area contributed by atoms with E-state index in [9.17, 15) is 0 Å². The molecule has 0 bridgehead atoms. The summed E-state index contributed by atoms with van der Waals surface area (Å²) in [6, 6.07) is 6.87. The van der Waals surface area contributed by atoms with Gasteiger partial charge in [-0.2, -0.15) is 0 Å². The fourth-order valence-corrected chi connectivity index (χ4v) is 2.11. The molecule has 0 saturated carbocycles. The molecule has 0 N–H and O–H groups in total. The Kier molecular flexibility index (Phi) is 3.43. The van der Waals surface area contributed by atoms with Crippen LogP contribution in [0.2, 0.25) is 16.1 Å². The van der Waals surface area contributed by atoms with E-state index in [-0.39, 0.29) is 0 Å². The Morgan fingerprint density at radius 2 is 1.73 bits per heavy atom. The van der Waals surface area contributed by atoms with Gasteiger partial charge in [-0.1, -0.05) is 35.3 Å². The highest BCUT2D eigenvalue weighted by Crippen LogP contribution is 2.24. The maximum absolute atomic E-state index is 5.94. The first kappa shape index (κ1) is 9.11. The maximum Gasteiger partial charge on any atom is 0.0452 e. The summed E-state index contributed by atoms with van der Waals surface area (Å²) in [4.78, 5) is 0. The van der Waals surface area contributed by atoms with Crippen molar-refractivity contribution < 1.29 is 0 Å². The van der Waals surface area contributed by atoms with Gasteiger partial charge in [0.1, 0.15) is 0 Å². The lowest BCUT2D eigenvalue weighted by molar-refractivity contribution is 1.13. The lowest BCUT2D eigenvalue weighted by Crippen LogP contribution is -1.86. The molecule has 0 aliphatic rings. The van der Waals surface area contributed by atoms with Gasteiger partial charge in [-0.05, 0) is 24.1 Å². The predicted octanol–water partition coefficient (Wildman–Crippen LogP) is 2.32. The minimum absolute atomic E-state index is 0.799. The van der Waals surface area contributed by atoms with Crippen LogP contribution in [0.4, 0.5) is 0 Å². The fraction of sp³-hybridized carbons (Fsp3) is 0.250. The van der Waals surface area contributed by atoms with Gasteiger partial charge in [0.05, 0.1) is 0 Å². The molecule has 0 amide bonds. The molecular weight excluding hydrogens is 195 g/mol. The minimum Gasteiger partial charge on any atom is -0.0840 e. The molecule has 0 atom stereocenters. The molecule has 0 spiro atoms. The van der Waals surface area contributed by atoms with Crippen LogP contribution in [0.3, 0.4) is 0 Å². The quantitative estimate of drug-likeness (QED) is 0.650. The average Bonchev–Trinajstić information content (AvgIpc) is 1.97. The largest absolute Gasteiger partial charge is 0.0840 e. The standard InChI is InChI=1S/C8H10Cl2Si/c9-7-2-1-3-8(10)6(7)4-5-11/h1-3H,4-5H2,11H3. The molecule has 1 rings (SSSR count). The van der Waals surface area contributed by atoms with Crippen LogP contribution in [-0.4, -0.2) is 10.2 Å². The van der Waals surface area contributed by atoms with E-state index < -0.39 is 0 Å². The Balaban J connectivity index is 3.00. The van der Waals surface area contributed by atoms with E-state index in [1.54, 1.807) is 0 Å². The summed E-state index contributed by atoms with van der Waals surface area (Å²) in [6.07, 6.45) is 1.02. The molecular formula is C8H10Cl2Si. The average molecular weight is 205 g/mol. The lowest BCUT2D eigenvalue weighted by atomic mass is 10.2. The van der Waals surface area contributed by atoms with Crippen molar-refractivity contribution in [2.75, 3.05) is 0 Å². The summed E-state index contributed by atoms with van der Waals surface area (Å²) in [6.45, 7) is 0. The monoisotopic (exact) mass is 204 g/mol. The van der Waals surface area contributed by atoms with Crippen LogP contribution < -0.4 is 0 Å². The van der Waals surface area contributed by atoms with Gasteiger partial charge in [-0.25, -0.2) is 0 Å². The third-order valence-electron chi connectivity index (χ3n) is 1.56. The molecule has 1 aromatic rings. The second kappa shape index (κ2) is 4.15. The molecule has 0 heterocycles. The van der Waals surface area contributed by atoms with Gasteiger partial charge in [0.2, 0.25) is 0 Å². The van der Waals surface area contributed by atoms with E-state index in [1.807, 2.05) is 18.2 Å². The van der Waals surface area contributed by atoms with E-state index in [2.05, 4.69) is 0 Å². The zero-order chi connectivity index (χ0) is 8.27. The maximum atomic E-state index is 5.94. The van der Waals surface area contributed by atoms with E-state index in [0.29, 0.717) is 0 Å². The van der Waals surface area contributed by atoms with Crippen molar-refractivity contribution in [2.45, 2.75) is 12.5 Å². The Hall–Kier alpha value is 0.0169. The molecule has 0 unspecified atom stereocenters. The van der Waals surface area contributed by atoms with Crippen LogP contribution >= 0.6 is 23.2 Å². The molecule has 0 radical (unpaired) electrons. The van der Waals surface area contributed by atoms with Crippen LogP contribution in [0.15, 0.2) is 18.2 Å². The SMILES string of the molecule is [SiH3]CCc1c(Cl)cccc1Cl. The second-order valence-corrected chi connectivity index (χ2v) is 4.26. The van der Waals surface area contributed by atoms with Crippen molar-refractivity contribution in [3.05, 3.63) is 33.8 Å². The molecule has 60 valence electrons. The van der Waals surface area contributed by atoms with Crippen molar-refractivity contribution in [2.24, 2.45) is 0 Å². The molecule has 0 aliphatic heterocycles. The number of rotatable bonds is 2. The number of hydrogen-bond acceptors (Lipinski definition) is 0. The Morgan fingerprint density at radius 1 is 1.18 bits per heavy atom. The molecule has 0 aliphatic carbocycles. The number of halogens is 2. The van der Waals surface area contributed by atoms with Gasteiger partial charge in [0.15, 0.2) is 0 Å². The summed E-state index contributed by atoms with van der Waals surface area (Å²) in [7, 11) is 1.20. The van der Waals surface area contributed by atoms with E-state index >= 15 is 0 Å². The van der Waals surface area contributed by atoms with Crippen molar-refractivity contribution in [1.82, 2.24) is 0 Å². The summed E-state index contributed by atoms with van der Waals surface area (Å²) >= 11 is 11.9. The highest BCUT2D eigenvalue weighted by Gasteiger charge is 2.02. The topological polar surface area (TPSA) is 0 Å². The summed E-state index contributed by atoms with van der Waals surface area (Å²) in [5.74, 6) is 0. The number of hydrogen-bond donors (Lipinski definition) is 0. The predicted molar refractivity (Wildman–Crippen MR) is 54.9 cm³/mol. The molecule has 3 heteroatoms. The van der Waals surface area contributed by atoms with Crippen LogP contribution in [0.1, 0.15) is 5.56 Å². The van der Waals surface area contributed by atoms with Crippen molar-refractivity contribution in [3.8, 4) is 0 Å². The zero-order valence-electron chi connectivity index (χ0n) is 6.40. The van der Waals surface area contributed by atoms with Crippen LogP contribution in [0.25, 0.3) is 0 Å². The lowest BCUT2D eigenvalue weighted by Gasteiger charge is -2.03. The van der Waals surface area contributed by atoms with Crippen molar-refractivity contribution in [1.29, 1.82) is 0 Å². The highest BCUT2D eigenvalue weighted by atomic mass is 35.5. The first-order chi connectivity index (χ1) is 5.25. The number of benzene rings is 1. The van der Waals surface area contributed by atoms with Crippen LogP contribution in [0.5, 0.6) is 0 Å². The summed E-state index contributed by atoms with van der Waals surface area (Å²) in [5.41, 5.74) is 1.10. The van der Waals surface area contributed by atoms with Gasteiger partial charge in [0.25, 0.3) is 0 Å². The molecule has 1 aromatic carbocycles. The van der Waals surface area contributed by atoms with Gasteiger partial charge in [-0.3, -0.25) is 0 Å². The zero-order valence-corrected chi connectivity index (χ0v) is 9.91. The van der Waals surface area contributed by atoms with Gasteiger partial charge in [-0.15, -0.1) is 0 Å². The smallest absolute Gasteiger partial charge is 0.0452 e. The first-order valence-corrected chi connectivity index (χ1v) is 5.85. The third kappa shape index (κ3) is 2.22. The van der Waals surface area contributed by atoms with Gasteiger partial charge >= 0.3 is 0 Å². The normalized spacial score (nSPS) is 10.4. The van der Waals surface area contributed by atoms with E-state index in [0.717, 1.165) is 22.0 Å². The molecule has 0 aromatic heterocycles.